The average molecular weight is 422 g/mol. The van der Waals surface area contributed by atoms with Gasteiger partial charge in [-0.1, -0.05) is 62.5 Å². The van der Waals surface area contributed by atoms with Crippen LogP contribution in [0.5, 0.6) is 5.75 Å². The first kappa shape index (κ1) is 22.3. The van der Waals surface area contributed by atoms with E-state index < -0.39 is 11.7 Å². The third kappa shape index (κ3) is 5.27. The number of halogens is 2. The summed E-state index contributed by atoms with van der Waals surface area (Å²) in [6.07, 6.45) is 1.97. The molecule has 0 bridgehead atoms. The third-order valence-corrected chi connectivity index (χ3v) is 5.21. The second-order valence-corrected chi connectivity index (χ2v) is 8.00. The average Bonchev–Trinajstić information content (AvgIpc) is 2.64. The first-order chi connectivity index (χ1) is 13.2. The highest BCUT2D eigenvalue weighted by Crippen LogP contribution is 2.40. The minimum atomic E-state index is -0.635. The molecule has 6 heteroatoms. The summed E-state index contributed by atoms with van der Waals surface area (Å²) in [7, 11) is 0. The number of unbranched alkanes of at least 4 members (excludes halogenated alkanes) is 1. The monoisotopic (exact) mass is 421 g/mol. The number of carbonyl (C=O) groups excluding carboxylic acids is 2. The normalized spacial score (nSPS) is 11.2. The molecule has 0 aliphatic heterocycles. The van der Waals surface area contributed by atoms with Crippen LogP contribution in [0.3, 0.4) is 0 Å². The molecule has 0 atom stereocenters. The lowest BCUT2D eigenvalue weighted by Crippen LogP contribution is -2.21. The van der Waals surface area contributed by atoms with Crippen molar-refractivity contribution in [2.75, 3.05) is 11.9 Å². The first-order valence-electron chi connectivity index (χ1n) is 9.21. The Morgan fingerprint density at radius 3 is 2.11 bits per heavy atom. The molecular formula is C22H25Cl2NO3. The number of benzene rings is 2. The van der Waals surface area contributed by atoms with Gasteiger partial charge in [0.15, 0.2) is 5.75 Å². The van der Waals surface area contributed by atoms with Crippen LogP contribution in [-0.4, -0.2) is 18.3 Å². The maximum atomic E-state index is 11.5. The highest BCUT2D eigenvalue weighted by Gasteiger charge is 2.25. The molecule has 2 rings (SSSR count). The number of hydrogen-bond acceptors (Lipinski definition) is 3. The van der Waals surface area contributed by atoms with Crippen LogP contribution in [0.1, 0.15) is 51.7 Å². The lowest BCUT2D eigenvalue weighted by Gasteiger charge is -2.27. The molecule has 0 radical (unpaired) electrons. The van der Waals surface area contributed by atoms with Gasteiger partial charge in [-0.25, -0.2) is 0 Å². The van der Waals surface area contributed by atoms with E-state index in [2.05, 4.69) is 26.1 Å². The van der Waals surface area contributed by atoms with Gasteiger partial charge in [-0.2, -0.15) is 0 Å². The van der Waals surface area contributed by atoms with Gasteiger partial charge in [0.2, 0.25) is 5.78 Å². The van der Waals surface area contributed by atoms with E-state index in [1.807, 2.05) is 24.3 Å². The Bertz CT molecular complexity index is 838. The molecule has 0 heterocycles. The third-order valence-electron chi connectivity index (χ3n) is 4.65. The summed E-state index contributed by atoms with van der Waals surface area (Å²) in [6.45, 7) is 8.03. The highest BCUT2D eigenvalue weighted by atomic mass is 35.5. The van der Waals surface area contributed by atoms with Gasteiger partial charge in [0, 0.05) is 18.0 Å². The summed E-state index contributed by atoms with van der Waals surface area (Å²) < 4.78 is 5.72. The molecule has 0 saturated heterocycles. The lowest BCUT2D eigenvalue weighted by molar-refractivity contribution is -0.133. The molecule has 4 nitrogen and oxygen atoms in total. The summed E-state index contributed by atoms with van der Waals surface area (Å²) >= 11 is 12.9. The van der Waals surface area contributed by atoms with Gasteiger partial charge >= 0.3 is 0 Å². The summed E-state index contributed by atoms with van der Waals surface area (Å²) in [6, 6.07) is 11.1. The Balaban J connectivity index is 2.26. The van der Waals surface area contributed by atoms with Crippen molar-refractivity contribution in [1.29, 1.82) is 0 Å². The van der Waals surface area contributed by atoms with Crippen molar-refractivity contribution in [3.63, 3.8) is 0 Å². The van der Waals surface area contributed by atoms with Crippen molar-refractivity contribution in [3.05, 3.63) is 57.6 Å². The minimum Gasteiger partial charge on any atom is -0.490 e. The quantitative estimate of drug-likeness (QED) is 0.418. The van der Waals surface area contributed by atoms with Gasteiger partial charge in [-0.3, -0.25) is 9.59 Å². The number of anilines is 1. The molecule has 0 fully saturated rings. The van der Waals surface area contributed by atoms with Crippen molar-refractivity contribution in [1.82, 2.24) is 0 Å². The number of rotatable bonds is 8. The first-order valence-corrected chi connectivity index (χ1v) is 9.97. The zero-order valence-corrected chi connectivity index (χ0v) is 18.1. The van der Waals surface area contributed by atoms with E-state index in [-0.39, 0.29) is 5.41 Å². The molecule has 2 aromatic rings. The molecule has 0 aliphatic carbocycles. The number of ketones is 1. The second-order valence-electron chi connectivity index (χ2n) is 7.18. The lowest BCUT2D eigenvalue weighted by atomic mass is 9.78. The van der Waals surface area contributed by atoms with Crippen molar-refractivity contribution in [3.8, 4) is 5.75 Å². The topological polar surface area (TPSA) is 55.4 Å². The van der Waals surface area contributed by atoms with Crippen LogP contribution in [0, 0.1) is 0 Å². The highest BCUT2D eigenvalue weighted by molar-refractivity contribution is 6.39. The zero-order chi connectivity index (χ0) is 20.9. The largest absolute Gasteiger partial charge is 0.490 e. The smallest absolute Gasteiger partial charge is 0.291 e. The van der Waals surface area contributed by atoms with Crippen molar-refractivity contribution in [2.45, 2.75) is 46.0 Å². The predicted octanol–water partition coefficient (Wildman–Crippen LogP) is 6.03. The summed E-state index contributed by atoms with van der Waals surface area (Å²) in [5.74, 6) is -0.655. The maximum Gasteiger partial charge on any atom is 0.291 e. The number of ether oxygens (including phenoxy) is 1. The molecule has 28 heavy (non-hydrogen) atoms. The van der Waals surface area contributed by atoms with Crippen LogP contribution < -0.4 is 10.1 Å². The molecule has 0 aliphatic rings. The molecule has 0 spiro atoms. The Labute approximate surface area is 176 Å². The predicted molar refractivity (Wildman–Crippen MR) is 115 cm³/mol. The molecule has 0 aromatic heterocycles. The van der Waals surface area contributed by atoms with E-state index in [0.717, 1.165) is 24.0 Å². The number of carbonyl (C=O) groups is 2. The Morgan fingerprint density at radius 1 is 1.04 bits per heavy atom. The molecular weight excluding hydrogens is 397 g/mol. The van der Waals surface area contributed by atoms with Crippen LogP contribution >= 0.6 is 23.2 Å². The van der Waals surface area contributed by atoms with Crippen LogP contribution in [0.4, 0.5) is 5.69 Å². The molecule has 0 unspecified atom stereocenters. The fourth-order valence-electron chi connectivity index (χ4n) is 2.73. The molecule has 150 valence electrons. The summed E-state index contributed by atoms with van der Waals surface area (Å²) in [5.41, 5.74) is 2.15. The fourth-order valence-corrected chi connectivity index (χ4v) is 3.33. The van der Waals surface area contributed by atoms with Gasteiger partial charge in [0.1, 0.15) is 0 Å². The fraction of sp³-hybridized carbons (Fsp3) is 0.364. The SMILES string of the molecule is CCCCOc1c(Cl)cc(C(C)(C)c2ccc(NC(=O)C(C)=O)cc2)cc1Cl. The van der Waals surface area contributed by atoms with E-state index in [1.54, 1.807) is 12.1 Å². The van der Waals surface area contributed by atoms with E-state index in [9.17, 15) is 9.59 Å². The standard InChI is InChI=1S/C22H25Cl2NO3/c1-5-6-11-28-20-18(23)12-16(13-19(20)24)22(3,4)15-7-9-17(10-8-15)25-21(27)14(2)26/h7-10,12-13H,5-6,11H2,1-4H3,(H,25,27). The zero-order valence-electron chi connectivity index (χ0n) is 16.6. The second kappa shape index (κ2) is 9.44. The van der Waals surface area contributed by atoms with Gasteiger partial charge in [-0.05, 0) is 41.8 Å². The van der Waals surface area contributed by atoms with E-state index in [0.29, 0.717) is 28.1 Å². The minimum absolute atomic E-state index is 0.377. The van der Waals surface area contributed by atoms with Gasteiger partial charge in [0.05, 0.1) is 16.7 Å². The van der Waals surface area contributed by atoms with E-state index in [1.165, 1.54) is 6.92 Å². The van der Waals surface area contributed by atoms with Gasteiger partial charge < -0.3 is 10.1 Å². The molecule has 1 amide bonds. The summed E-state index contributed by atoms with van der Waals surface area (Å²) in [4.78, 5) is 22.6. The van der Waals surface area contributed by atoms with Gasteiger partial charge in [0.25, 0.3) is 5.91 Å². The molecule has 2 aromatic carbocycles. The molecule has 1 N–H and O–H groups in total. The van der Waals surface area contributed by atoms with Gasteiger partial charge in [-0.15, -0.1) is 0 Å². The number of nitrogens with one attached hydrogen (secondary N) is 1. The maximum absolute atomic E-state index is 11.5. The van der Waals surface area contributed by atoms with Crippen LogP contribution in [0.15, 0.2) is 36.4 Å². The Kier molecular flexibility index (Phi) is 7.50. The van der Waals surface area contributed by atoms with E-state index >= 15 is 0 Å². The Hall–Kier alpha value is -2.04. The van der Waals surface area contributed by atoms with E-state index in [4.69, 9.17) is 27.9 Å². The Morgan fingerprint density at radius 2 is 1.61 bits per heavy atom. The van der Waals surface area contributed by atoms with Crippen molar-refractivity contribution in [2.24, 2.45) is 0 Å². The number of Topliss-reactive ketones (excluding diaryl/α,β-unsaturated/α-hetero) is 1. The number of hydrogen-bond donors (Lipinski definition) is 1. The van der Waals surface area contributed by atoms with Crippen LogP contribution in [-0.2, 0) is 15.0 Å². The van der Waals surface area contributed by atoms with Crippen LogP contribution in [0.25, 0.3) is 0 Å². The summed E-state index contributed by atoms with van der Waals surface area (Å²) in [5, 5.41) is 3.53. The molecule has 0 saturated carbocycles. The number of amides is 1. The van der Waals surface area contributed by atoms with Crippen molar-refractivity contribution < 1.29 is 14.3 Å². The van der Waals surface area contributed by atoms with Crippen LogP contribution in [0.2, 0.25) is 10.0 Å². The van der Waals surface area contributed by atoms with Crippen molar-refractivity contribution >= 4 is 40.6 Å².